The van der Waals surface area contributed by atoms with Crippen LogP contribution in [0.5, 0.6) is 0 Å². The number of carbonyl (C=O) groups is 1. The zero-order valence-electron chi connectivity index (χ0n) is 7.81. The van der Waals surface area contributed by atoms with Crippen molar-refractivity contribution >= 4 is 39.3 Å². The molecule has 0 atom stereocenters. The molecule has 1 aromatic rings. The number of hydrogen-bond donors (Lipinski definition) is 1. The Morgan fingerprint density at radius 3 is 2.93 bits per heavy atom. The van der Waals surface area contributed by atoms with Crippen LogP contribution in [-0.4, -0.2) is 12.2 Å². The number of alkyl halides is 1. The molecule has 1 N–H and O–H groups in total. The van der Waals surface area contributed by atoms with Crippen molar-refractivity contribution in [3.8, 4) is 0 Å². The maximum atomic E-state index is 13.1. The predicted octanol–water partition coefficient (Wildman–Crippen LogP) is 3.64. The molecule has 0 saturated carbocycles. The summed E-state index contributed by atoms with van der Waals surface area (Å²) >= 11 is 8.23. The Bertz CT molecular complexity index is 387. The molecular formula is C9H8BrClFNO2. The molecule has 3 nitrogen and oxygen atoms in total. The van der Waals surface area contributed by atoms with E-state index < -0.39 is 11.9 Å². The molecule has 6 heteroatoms. The molecule has 0 unspecified atom stereocenters. The molecule has 0 saturated heterocycles. The Balaban J connectivity index is 2.86. The summed E-state index contributed by atoms with van der Waals surface area (Å²) < 4.78 is 17.9. The van der Waals surface area contributed by atoms with Gasteiger partial charge in [-0.1, -0.05) is 11.6 Å². The van der Waals surface area contributed by atoms with Gasteiger partial charge in [0.2, 0.25) is 0 Å². The number of aryl methyl sites for hydroxylation is 1. The third-order valence-electron chi connectivity index (χ3n) is 1.69. The zero-order valence-corrected chi connectivity index (χ0v) is 10.2. The molecule has 0 fully saturated rings. The Morgan fingerprint density at radius 2 is 2.33 bits per heavy atom. The summed E-state index contributed by atoms with van der Waals surface area (Å²) in [7, 11) is 0. The number of benzene rings is 1. The van der Waals surface area contributed by atoms with E-state index in [9.17, 15) is 9.18 Å². The lowest BCUT2D eigenvalue weighted by atomic mass is 10.2. The summed E-state index contributed by atoms with van der Waals surface area (Å²) in [6.07, 6.45) is -0.713. The molecule has 0 aromatic heterocycles. The molecule has 0 bridgehead atoms. The zero-order chi connectivity index (χ0) is 11.4. The molecule has 0 aliphatic heterocycles. The van der Waals surface area contributed by atoms with E-state index in [2.05, 4.69) is 26.0 Å². The fourth-order valence-electron chi connectivity index (χ4n) is 0.977. The molecule has 82 valence electrons. The highest BCUT2D eigenvalue weighted by molar-refractivity contribution is 9.10. The molecule has 0 heterocycles. The first kappa shape index (κ1) is 12.3. The van der Waals surface area contributed by atoms with E-state index in [0.717, 1.165) is 5.56 Å². The number of carbonyl (C=O) groups excluding carboxylic acids is 1. The minimum absolute atomic E-state index is 0.246. The number of hydrogen-bond acceptors (Lipinski definition) is 2. The third kappa shape index (κ3) is 3.35. The second-order valence-electron chi connectivity index (χ2n) is 2.75. The average molecular weight is 297 g/mol. The molecule has 0 aliphatic rings. The van der Waals surface area contributed by atoms with Gasteiger partial charge in [-0.2, -0.15) is 0 Å². The van der Waals surface area contributed by atoms with Crippen LogP contribution in [0.3, 0.4) is 0 Å². The highest BCUT2D eigenvalue weighted by Gasteiger charge is 2.08. The number of ether oxygens (including phenoxy) is 1. The lowest BCUT2D eigenvalue weighted by Gasteiger charge is -2.08. The Hall–Kier alpha value is -0.810. The van der Waals surface area contributed by atoms with Gasteiger partial charge in [0.05, 0.1) is 4.47 Å². The highest BCUT2D eigenvalue weighted by Crippen LogP contribution is 2.23. The first-order valence-electron chi connectivity index (χ1n) is 4.00. The Morgan fingerprint density at radius 1 is 1.67 bits per heavy atom. The summed E-state index contributed by atoms with van der Waals surface area (Å²) in [5.74, 6) is -0.457. The van der Waals surface area contributed by atoms with Crippen LogP contribution in [0.1, 0.15) is 5.56 Å². The molecule has 1 rings (SSSR count). The molecule has 1 amide bonds. The van der Waals surface area contributed by atoms with Crippen LogP contribution >= 0.6 is 27.5 Å². The smallest absolute Gasteiger partial charge is 0.412 e. The van der Waals surface area contributed by atoms with Gasteiger partial charge >= 0.3 is 6.09 Å². The summed E-state index contributed by atoms with van der Waals surface area (Å²) in [4.78, 5) is 11.0. The van der Waals surface area contributed by atoms with E-state index in [-0.39, 0.29) is 6.07 Å². The van der Waals surface area contributed by atoms with Crippen molar-refractivity contribution in [2.75, 3.05) is 11.4 Å². The maximum Gasteiger partial charge on any atom is 0.412 e. The monoisotopic (exact) mass is 295 g/mol. The maximum absolute atomic E-state index is 13.1. The standard InChI is InChI=1S/C9H8BrClFNO2/c1-5-2-6(10)7(12)3-8(5)13-9(14)15-4-11/h2-3H,4H2,1H3,(H,13,14). The lowest BCUT2D eigenvalue weighted by molar-refractivity contribution is 0.180. The second-order valence-corrected chi connectivity index (χ2v) is 3.82. The molecule has 0 radical (unpaired) electrons. The Labute approximate surface area is 99.7 Å². The van der Waals surface area contributed by atoms with Crippen molar-refractivity contribution in [3.05, 3.63) is 28.0 Å². The lowest BCUT2D eigenvalue weighted by Crippen LogP contribution is -2.13. The van der Waals surface area contributed by atoms with Crippen molar-refractivity contribution in [2.24, 2.45) is 0 Å². The number of anilines is 1. The molecular weight excluding hydrogens is 288 g/mol. The predicted molar refractivity (Wildman–Crippen MR) is 59.7 cm³/mol. The average Bonchev–Trinajstić information content (AvgIpc) is 2.14. The van der Waals surface area contributed by atoms with Gasteiger partial charge in [-0.05, 0) is 40.5 Å². The second kappa shape index (κ2) is 5.32. The van der Waals surface area contributed by atoms with Crippen molar-refractivity contribution in [1.29, 1.82) is 0 Å². The number of rotatable bonds is 2. The normalized spacial score (nSPS) is 9.87. The fraction of sp³-hybridized carbons (Fsp3) is 0.222. The summed E-state index contributed by atoms with van der Waals surface area (Å²) in [6, 6.07) is 2.52. The first-order valence-corrected chi connectivity index (χ1v) is 5.32. The van der Waals surface area contributed by atoms with Crippen molar-refractivity contribution in [1.82, 2.24) is 0 Å². The van der Waals surface area contributed by atoms with Crippen LogP contribution in [0.15, 0.2) is 16.6 Å². The Kier molecular flexibility index (Phi) is 4.35. The molecule has 0 spiro atoms. The number of amides is 1. The van der Waals surface area contributed by atoms with E-state index in [1.54, 1.807) is 13.0 Å². The van der Waals surface area contributed by atoms with E-state index >= 15 is 0 Å². The van der Waals surface area contributed by atoms with Gasteiger partial charge in [0, 0.05) is 5.69 Å². The van der Waals surface area contributed by atoms with Crippen molar-refractivity contribution < 1.29 is 13.9 Å². The van der Waals surface area contributed by atoms with Crippen LogP contribution in [0.2, 0.25) is 0 Å². The fourth-order valence-corrected chi connectivity index (χ4v) is 1.53. The molecule has 1 aromatic carbocycles. The highest BCUT2D eigenvalue weighted by atomic mass is 79.9. The van der Waals surface area contributed by atoms with Gasteiger partial charge in [0.25, 0.3) is 0 Å². The number of halogens is 3. The van der Waals surface area contributed by atoms with Crippen LogP contribution in [0.4, 0.5) is 14.9 Å². The number of nitrogens with one attached hydrogen (secondary N) is 1. The van der Waals surface area contributed by atoms with Crippen molar-refractivity contribution in [3.63, 3.8) is 0 Å². The minimum atomic E-state index is -0.713. The van der Waals surface area contributed by atoms with Crippen molar-refractivity contribution in [2.45, 2.75) is 6.92 Å². The van der Waals surface area contributed by atoms with Gasteiger partial charge < -0.3 is 4.74 Å². The minimum Gasteiger partial charge on any atom is -0.433 e. The first-order chi connectivity index (χ1) is 7.04. The summed E-state index contributed by atoms with van der Waals surface area (Å²) in [5.41, 5.74) is 1.07. The summed E-state index contributed by atoms with van der Waals surface area (Å²) in [5, 5.41) is 2.37. The largest absolute Gasteiger partial charge is 0.433 e. The topological polar surface area (TPSA) is 38.3 Å². The van der Waals surface area contributed by atoms with Crippen LogP contribution in [-0.2, 0) is 4.74 Å². The van der Waals surface area contributed by atoms with Gasteiger partial charge in [0.1, 0.15) is 5.82 Å². The van der Waals surface area contributed by atoms with Gasteiger partial charge in [-0.25, -0.2) is 9.18 Å². The van der Waals surface area contributed by atoms with Gasteiger partial charge in [-0.15, -0.1) is 0 Å². The van der Waals surface area contributed by atoms with Gasteiger partial charge in [0.15, 0.2) is 6.07 Å². The SMILES string of the molecule is Cc1cc(Br)c(F)cc1NC(=O)OCCl. The van der Waals surface area contributed by atoms with E-state index in [1.807, 2.05) is 0 Å². The molecule has 15 heavy (non-hydrogen) atoms. The molecule has 0 aliphatic carbocycles. The van der Waals surface area contributed by atoms with Crippen LogP contribution < -0.4 is 5.32 Å². The quantitative estimate of drug-likeness (QED) is 0.846. The van der Waals surface area contributed by atoms with E-state index in [4.69, 9.17) is 11.6 Å². The van der Waals surface area contributed by atoms with Gasteiger partial charge in [-0.3, -0.25) is 5.32 Å². The van der Waals surface area contributed by atoms with E-state index in [1.165, 1.54) is 6.07 Å². The summed E-state index contributed by atoms with van der Waals surface area (Å²) in [6.45, 7) is 1.74. The van der Waals surface area contributed by atoms with E-state index in [0.29, 0.717) is 10.2 Å². The third-order valence-corrected chi connectivity index (χ3v) is 2.41. The van der Waals surface area contributed by atoms with Crippen LogP contribution in [0, 0.1) is 12.7 Å². The van der Waals surface area contributed by atoms with Crippen LogP contribution in [0.25, 0.3) is 0 Å².